The van der Waals surface area contributed by atoms with E-state index in [1.54, 1.807) is 30.3 Å². The molecule has 0 unspecified atom stereocenters. The van der Waals surface area contributed by atoms with Crippen LogP contribution in [0.2, 0.25) is 0 Å². The topological polar surface area (TPSA) is 77.9 Å². The number of carboxylic acids is 1. The average molecular weight is 314 g/mol. The number of para-hydroxylation sites is 1. The summed E-state index contributed by atoms with van der Waals surface area (Å²) in [6.07, 6.45) is 1.41. The first-order valence-electron chi connectivity index (χ1n) is 6.90. The van der Waals surface area contributed by atoms with Crippen molar-refractivity contribution in [2.24, 2.45) is 0 Å². The smallest absolute Gasteiger partial charge is 0.305 e. The largest absolute Gasteiger partial charge is 0.481 e. The first-order chi connectivity index (χ1) is 9.89. The molecule has 0 atom stereocenters. The van der Waals surface area contributed by atoms with Crippen molar-refractivity contribution in [2.75, 3.05) is 24.4 Å². The molecule has 21 heavy (non-hydrogen) atoms. The maximum atomic E-state index is 12.6. The second-order valence-electron chi connectivity index (χ2n) is 4.73. The number of carboxylic acid groups (broad SMARTS) is 1. The van der Waals surface area contributed by atoms with Gasteiger partial charge < -0.3 is 5.11 Å². The van der Waals surface area contributed by atoms with Crippen molar-refractivity contribution in [3.8, 4) is 0 Å². The highest BCUT2D eigenvalue weighted by Gasteiger charge is 2.27. The molecular weight excluding hydrogens is 292 g/mol. The van der Waals surface area contributed by atoms with Crippen LogP contribution in [0.4, 0.5) is 5.69 Å². The van der Waals surface area contributed by atoms with E-state index in [0.717, 1.165) is 17.1 Å². The van der Waals surface area contributed by atoms with Gasteiger partial charge in [0.2, 0.25) is 0 Å². The van der Waals surface area contributed by atoms with Gasteiger partial charge in [-0.05, 0) is 18.6 Å². The number of hydrogen-bond donors (Lipinski definition) is 1. The summed E-state index contributed by atoms with van der Waals surface area (Å²) in [5.41, 5.74) is 0.474. The summed E-state index contributed by atoms with van der Waals surface area (Å²) >= 11 is 0. The van der Waals surface area contributed by atoms with Gasteiger partial charge in [0.25, 0.3) is 0 Å². The Morgan fingerprint density at radius 3 is 2.33 bits per heavy atom. The van der Waals surface area contributed by atoms with E-state index in [0.29, 0.717) is 12.2 Å². The molecule has 0 saturated heterocycles. The summed E-state index contributed by atoms with van der Waals surface area (Å²) in [6, 6.07) is 8.56. The quantitative estimate of drug-likeness (QED) is 0.755. The Balaban J connectivity index is 3.02. The second kappa shape index (κ2) is 7.99. The van der Waals surface area contributed by atoms with Gasteiger partial charge in [-0.1, -0.05) is 31.5 Å². The molecule has 0 saturated carbocycles. The van der Waals surface area contributed by atoms with E-state index in [-0.39, 0.29) is 13.0 Å². The molecule has 1 aromatic rings. The monoisotopic (exact) mass is 314 g/mol. The van der Waals surface area contributed by atoms with Crippen molar-refractivity contribution < 1.29 is 18.3 Å². The molecule has 0 aliphatic heterocycles. The van der Waals surface area contributed by atoms with Crippen molar-refractivity contribution in [3.63, 3.8) is 0 Å². The van der Waals surface area contributed by atoms with E-state index in [1.165, 1.54) is 11.4 Å². The first kappa shape index (κ1) is 17.5. The molecule has 1 rings (SSSR count). The van der Waals surface area contributed by atoms with E-state index in [4.69, 9.17) is 5.11 Å². The van der Waals surface area contributed by atoms with Crippen LogP contribution in [-0.2, 0) is 15.0 Å². The number of nitrogens with zero attached hydrogens (tertiary/aromatic N) is 2. The summed E-state index contributed by atoms with van der Waals surface area (Å²) in [4.78, 5) is 10.8. The van der Waals surface area contributed by atoms with E-state index < -0.39 is 16.2 Å². The van der Waals surface area contributed by atoms with Crippen molar-refractivity contribution in [1.82, 2.24) is 4.31 Å². The Bertz CT molecular complexity index is 545. The third-order valence-corrected chi connectivity index (χ3v) is 4.99. The fourth-order valence-electron chi connectivity index (χ4n) is 1.83. The van der Waals surface area contributed by atoms with Crippen molar-refractivity contribution in [3.05, 3.63) is 30.3 Å². The van der Waals surface area contributed by atoms with E-state index >= 15 is 0 Å². The predicted molar refractivity (Wildman–Crippen MR) is 82.5 cm³/mol. The molecule has 0 fully saturated rings. The van der Waals surface area contributed by atoms with Crippen LogP contribution in [0.5, 0.6) is 0 Å². The number of anilines is 1. The van der Waals surface area contributed by atoms with Crippen LogP contribution in [0, 0.1) is 0 Å². The molecule has 0 radical (unpaired) electrons. The Hall–Kier alpha value is -1.60. The van der Waals surface area contributed by atoms with Gasteiger partial charge in [-0.3, -0.25) is 9.10 Å². The molecule has 0 heterocycles. The molecule has 0 bridgehead atoms. The van der Waals surface area contributed by atoms with Gasteiger partial charge in [-0.25, -0.2) is 0 Å². The van der Waals surface area contributed by atoms with Gasteiger partial charge in [-0.15, -0.1) is 0 Å². The summed E-state index contributed by atoms with van der Waals surface area (Å²) < 4.78 is 27.6. The zero-order valence-corrected chi connectivity index (χ0v) is 13.2. The minimum absolute atomic E-state index is 0.0852. The molecule has 6 nitrogen and oxygen atoms in total. The molecule has 0 spiro atoms. The normalized spacial score (nSPS) is 11.6. The van der Waals surface area contributed by atoms with E-state index in [2.05, 4.69) is 0 Å². The van der Waals surface area contributed by atoms with Crippen LogP contribution in [0.1, 0.15) is 26.2 Å². The lowest BCUT2D eigenvalue weighted by atomic mass is 10.3. The fraction of sp³-hybridized carbons (Fsp3) is 0.500. The van der Waals surface area contributed by atoms with Crippen LogP contribution in [0.25, 0.3) is 0 Å². The summed E-state index contributed by atoms with van der Waals surface area (Å²) in [7, 11) is -2.20. The zero-order chi connectivity index (χ0) is 15.9. The third kappa shape index (κ3) is 5.02. The Morgan fingerprint density at radius 2 is 1.81 bits per heavy atom. The molecule has 118 valence electrons. The Morgan fingerprint density at radius 1 is 1.19 bits per heavy atom. The molecule has 0 aromatic heterocycles. The molecule has 1 N–H and O–H groups in total. The average Bonchev–Trinajstić information content (AvgIpc) is 2.45. The van der Waals surface area contributed by atoms with Crippen LogP contribution in [-0.4, -0.2) is 43.9 Å². The fourth-order valence-corrected chi connectivity index (χ4v) is 3.24. The highest BCUT2D eigenvalue weighted by Crippen LogP contribution is 2.20. The standard InChI is InChI=1S/C14H22N2O4S/c1-3-4-11-15(2)21(19,20)16(12-10-14(17)18)13-8-6-5-7-9-13/h5-9H,3-4,10-12H2,1-2H3,(H,17,18). The molecule has 0 aliphatic carbocycles. The lowest BCUT2D eigenvalue weighted by molar-refractivity contribution is -0.136. The van der Waals surface area contributed by atoms with Crippen LogP contribution in [0.3, 0.4) is 0 Å². The third-order valence-electron chi connectivity index (χ3n) is 3.07. The lowest BCUT2D eigenvalue weighted by Gasteiger charge is -2.28. The van der Waals surface area contributed by atoms with Crippen molar-refractivity contribution >= 4 is 21.9 Å². The maximum Gasteiger partial charge on any atom is 0.305 e. The first-order valence-corrected chi connectivity index (χ1v) is 8.30. The zero-order valence-electron chi connectivity index (χ0n) is 12.4. The SMILES string of the molecule is CCCCN(C)S(=O)(=O)N(CCC(=O)O)c1ccccc1. The van der Waals surface area contributed by atoms with Gasteiger partial charge >= 0.3 is 16.2 Å². The number of rotatable bonds is 9. The van der Waals surface area contributed by atoms with Gasteiger partial charge in [0, 0.05) is 20.1 Å². The van der Waals surface area contributed by atoms with Crippen molar-refractivity contribution in [2.45, 2.75) is 26.2 Å². The molecule has 1 aromatic carbocycles. The van der Waals surface area contributed by atoms with Gasteiger partial charge in [0.15, 0.2) is 0 Å². The second-order valence-corrected chi connectivity index (χ2v) is 6.69. The Kier molecular flexibility index (Phi) is 6.64. The van der Waals surface area contributed by atoms with Gasteiger partial charge in [0.05, 0.1) is 12.1 Å². The van der Waals surface area contributed by atoms with Crippen LogP contribution in [0.15, 0.2) is 30.3 Å². The summed E-state index contributed by atoms with van der Waals surface area (Å²) in [5.74, 6) is -1.03. The minimum atomic E-state index is -3.72. The van der Waals surface area contributed by atoms with Gasteiger partial charge in [0.1, 0.15) is 0 Å². The lowest BCUT2D eigenvalue weighted by Crippen LogP contribution is -2.43. The molecule has 7 heteroatoms. The predicted octanol–water partition coefficient (Wildman–Crippen LogP) is 1.94. The highest BCUT2D eigenvalue weighted by atomic mass is 32.2. The maximum absolute atomic E-state index is 12.6. The van der Waals surface area contributed by atoms with E-state index in [1.807, 2.05) is 6.92 Å². The van der Waals surface area contributed by atoms with Crippen LogP contribution >= 0.6 is 0 Å². The number of aliphatic carboxylic acids is 1. The molecule has 0 amide bonds. The van der Waals surface area contributed by atoms with Crippen molar-refractivity contribution in [1.29, 1.82) is 0 Å². The molecular formula is C14H22N2O4S. The number of hydrogen-bond acceptors (Lipinski definition) is 3. The minimum Gasteiger partial charge on any atom is -0.481 e. The summed E-state index contributed by atoms with van der Waals surface area (Å²) in [6.45, 7) is 2.31. The highest BCUT2D eigenvalue weighted by molar-refractivity contribution is 7.90. The van der Waals surface area contributed by atoms with Gasteiger partial charge in [-0.2, -0.15) is 12.7 Å². The number of unbranched alkanes of at least 4 members (excludes halogenated alkanes) is 1. The number of carbonyl (C=O) groups is 1. The Labute approximate surface area is 126 Å². The molecule has 0 aliphatic rings. The van der Waals surface area contributed by atoms with Crippen LogP contribution < -0.4 is 4.31 Å². The van der Waals surface area contributed by atoms with E-state index in [9.17, 15) is 13.2 Å². The summed E-state index contributed by atoms with van der Waals surface area (Å²) in [5, 5.41) is 8.82. The number of benzene rings is 1.